The monoisotopic (exact) mass is 311 g/mol. The van der Waals surface area contributed by atoms with Crippen LogP contribution in [0.4, 0.5) is 0 Å². The van der Waals surface area contributed by atoms with Gasteiger partial charge in [0.05, 0.1) is 6.10 Å². The molecule has 3 N–H and O–H groups in total. The van der Waals surface area contributed by atoms with Gasteiger partial charge in [0.2, 0.25) is 0 Å². The van der Waals surface area contributed by atoms with Crippen LogP contribution in [0.1, 0.15) is 36.1 Å². The zero-order valence-electron chi connectivity index (χ0n) is 13.3. The van der Waals surface area contributed by atoms with Crippen LogP contribution in [0.15, 0.2) is 48.5 Å². The largest absolute Gasteiger partial charge is 0.508 e. The van der Waals surface area contributed by atoms with Crippen molar-refractivity contribution in [1.29, 1.82) is 0 Å². The first-order chi connectivity index (χ1) is 10.6. The highest BCUT2D eigenvalue weighted by Gasteiger charge is 2.16. The molecule has 0 spiro atoms. The lowest BCUT2D eigenvalue weighted by molar-refractivity contribution is 0.136. The van der Waals surface area contributed by atoms with Gasteiger partial charge < -0.3 is 15.5 Å². The van der Waals surface area contributed by atoms with Crippen LogP contribution >= 0.6 is 0 Å². The second kappa shape index (κ2) is 7.97. The zero-order chi connectivity index (χ0) is 15.9. The molecule has 0 saturated heterocycles. The average molecular weight is 311 g/mol. The van der Waals surface area contributed by atoms with Crippen molar-refractivity contribution in [3.63, 3.8) is 0 Å². The molecule has 3 nitrogen and oxygen atoms in total. The highest BCUT2D eigenvalue weighted by molar-refractivity contribution is 5.36. The maximum atomic E-state index is 10.3. The third kappa shape index (κ3) is 4.58. The van der Waals surface area contributed by atoms with Crippen molar-refractivity contribution in [2.45, 2.75) is 38.8 Å². The van der Waals surface area contributed by atoms with Gasteiger partial charge in [-0.05, 0) is 56.0 Å². The number of aliphatic hydroxyl groups excluding tert-OH is 1. The Balaban J connectivity index is 1.78. The molecule has 2 rings (SSSR count). The van der Waals surface area contributed by atoms with Gasteiger partial charge in [-0.1, -0.05) is 42.5 Å². The van der Waals surface area contributed by atoms with Crippen molar-refractivity contribution in [1.82, 2.24) is 5.32 Å². The molecule has 2 unspecified atom stereocenters. The highest BCUT2D eigenvalue weighted by atomic mass is 16.5. The lowest BCUT2D eigenvalue weighted by Crippen LogP contribution is -2.33. The molecular formula is C19H25NO2. The number of aromatic hydroxyl groups is 1. The Morgan fingerprint density at radius 3 is 2.64 bits per heavy atom. The molecule has 0 fully saturated rings. The van der Waals surface area contributed by atoms with E-state index in [1.54, 1.807) is 6.07 Å². The normalized spacial score (nSPS) is 13.8. The number of aryl methyl sites for hydroxylation is 2. The van der Waals surface area contributed by atoms with Gasteiger partial charge in [0.25, 0.3) is 0 Å². The van der Waals surface area contributed by atoms with Crippen LogP contribution < -0.4 is 5.32 Å². The molecule has 0 aliphatic carbocycles. The van der Waals surface area contributed by atoms with E-state index in [0.29, 0.717) is 0 Å². The fraction of sp³-hybridized carbons (Fsp3) is 0.368. The number of phenolic OH excluding ortho intramolecular Hbond substituents is 1. The molecule has 0 heterocycles. The summed E-state index contributed by atoms with van der Waals surface area (Å²) in [6, 6.07) is 15.7. The number of benzene rings is 2. The van der Waals surface area contributed by atoms with Crippen molar-refractivity contribution in [3.05, 3.63) is 65.2 Å². The van der Waals surface area contributed by atoms with E-state index < -0.39 is 6.10 Å². The van der Waals surface area contributed by atoms with Gasteiger partial charge in [-0.3, -0.25) is 0 Å². The number of phenols is 1. The summed E-state index contributed by atoms with van der Waals surface area (Å²) in [5.74, 6) is 0.229. The molecule has 2 aromatic carbocycles. The minimum Gasteiger partial charge on any atom is -0.508 e. The molecule has 2 aromatic rings. The first-order valence-electron chi connectivity index (χ1n) is 7.83. The molecule has 0 aliphatic heterocycles. The molecule has 0 aliphatic rings. The number of nitrogens with one attached hydrogen (secondary N) is 1. The van der Waals surface area contributed by atoms with Crippen molar-refractivity contribution in [2.24, 2.45) is 0 Å². The van der Waals surface area contributed by atoms with E-state index >= 15 is 0 Å². The molecule has 118 valence electrons. The van der Waals surface area contributed by atoms with Gasteiger partial charge in [0.1, 0.15) is 5.75 Å². The van der Waals surface area contributed by atoms with Crippen LogP contribution in [-0.4, -0.2) is 22.8 Å². The number of hydrogen-bond acceptors (Lipinski definition) is 3. The SMILES string of the molecule is CC(NCCCc1ccccc1)C(O)[14c]1[14cH][14cH][14c](C)[14c](O)[14cH]1. The predicted octanol–water partition coefficient (Wildman–Crippen LogP) is 3.34. The Morgan fingerprint density at radius 2 is 1.95 bits per heavy atom. The summed E-state index contributed by atoms with van der Waals surface area (Å²) >= 11 is 0. The van der Waals surface area contributed by atoms with E-state index in [1.807, 2.05) is 32.0 Å². The van der Waals surface area contributed by atoms with Crippen LogP contribution in [0.25, 0.3) is 0 Å². The van der Waals surface area contributed by atoms with Crippen LogP contribution in [-0.2, 0) is 6.42 Å². The van der Waals surface area contributed by atoms with Gasteiger partial charge >= 0.3 is 0 Å². The van der Waals surface area contributed by atoms with E-state index in [-0.39, 0.29) is 11.8 Å². The lowest BCUT2D eigenvalue weighted by atomic mass is 10.1. The second-order valence-electron chi connectivity index (χ2n) is 5.82. The Bertz CT molecular complexity index is 583. The Kier molecular flexibility index (Phi) is 5.99. The average Bonchev–Trinajstić information content (AvgIpc) is 2.54. The van der Waals surface area contributed by atoms with Crippen molar-refractivity contribution >= 4 is 0 Å². The first kappa shape index (κ1) is 16.5. The standard InChI is InChI=1S/C19H25NO2/c1-14-10-11-17(13-18(14)21)19(22)15(2)20-12-6-9-16-7-4-3-5-8-16/h3-5,7-8,10-11,13,15,19-22H,6,9,12H2,1-2H3/i10+2,11+2,13+2,14+2,17+2,18+2. The summed E-state index contributed by atoms with van der Waals surface area (Å²) in [6.45, 7) is 4.66. The summed E-state index contributed by atoms with van der Waals surface area (Å²) in [5, 5.41) is 23.4. The molecule has 3 heteroatoms. The molecule has 22 heavy (non-hydrogen) atoms. The summed E-state index contributed by atoms with van der Waals surface area (Å²) in [4.78, 5) is 0. The van der Waals surface area contributed by atoms with Crippen molar-refractivity contribution in [2.75, 3.05) is 6.54 Å². The van der Waals surface area contributed by atoms with Crippen LogP contribution in [0.5, 0.6) is 5.75 Å². The maximum Gasteiger partial charge on any atom is 0.118 e. The van der Waals surface area contributed by atoms with E-state index in [0.717, 1.165) is 30.5 Å². The minimum absolute atomic E-state index is 0.0575. The smallest absolute Gasteiger partial charge is 0.118 e. The number of hydrogen-bond donors (Lipinski definition) is 3. The Hall–Kier alpha value is -1.84. The topological polar surface area (TPSA) is 52.5 Å². The van der Waals surface area contributed by atoms with Crippen molar-refractivity contribution < 1.29 is 10.2 Å². The molecule has 0 bridgehead atoms. The van der Waals surface area contributed by atoms with Crippen LogP contribution in [0, 0.1) is 6.92 Å². The Labute approximate surface area is 132 Å². The Morgan fingerprint density at radius 1 is 1.23 bits per heavy atom. The van der Waals surface area contributed by atoms with Gasteiger partial charge in [-0.15, -0.1) is 0 Å². The fourth-order valence-electron chi connectivity index (χ4n) is 2.48. The summed E-state index contributed by atoms with van der Waals surface area (Å²) in [6.07, 6.45) is 1.44. The number of rotatable bonds is 7. The highest BCUT2D eigenvalue weighted by Crippen LogP contribution is 2.24. The third-order valence-electron chi connectivity index (χ3n) is 4.00. The third-order valence-corrected chi connectivity index (χ3v) is 4.00. The fourth-order valence-corrected chi connectivity index (χ4v) is 2.48. The number of aliphatic hydroxyl groups is 1. The van der Waals surface area contributed by atoms with E-state index in [4.69, 9.17) is 0 Å². The summed E-state index contributed by atoms with van der Waals surface area (Å²) in [7, 11) is 0. The molecule has 0 aromatic heterocycles. The molecule has 2 atom stereocenters. The lowest BCUT2D eigenvalue weighted by Gasteiger charge is -2.21. The molecule has 0 amide bonds. The van der Waals surface area contributed by atoms with E-state index in [9.17, 15) is 10.2 Å². The van der Waals surface area contributed by atoms with Crippen LogP contribution in [0.3, 0.4) is 0 Å². The van der Waals surface area contributed by atoms with Gasteiger partial charge in [0.15, 0.2) is 0 Å². The van der Waals surface area contributed by atoms with Gasteiger partial charge in [-0.25, -0.2) is 0 Å². The minimum atomic E-state index is -0.622. The molecule has 0 saturated carbocycles. The summed E-state index contributed by atoms with van der Waals surface area (Å²) < 4.78 is 0. The summed E-state index contributed by atoms with van der Waals surface area (Å²) in [5.41, 5.74) is 2.89. The van der Waals surface area contributed by atoms with Crippen LogP contribution in [0.2, 0.25) is 0 Å². The van der Waals surface area contributed by atoms with E-state index in [1.165, 1.54) is 5.56 Å². The molecular weight excluding hydrogens is 286 g/mol. The predicted molar refractivity (Wildman–Crippen MR) is 90.0 cm³/mol. The first-order valence-corrected chi connectivity index (χ1v) is 7.83. The zero-order valence-corrected chi connectivity index (χ0v) is 13.3. The van der Waals surface area contributed by atoms with Gasteiger partial charge in [0, 0.05) is 6.04 Å². The van der Waals surface area contributed by atoms with Crippen molar-refractivity contribution in [3.8, 4) is 5.75 Å². The second-order valence-corrected chi connectivity index (χ2v) is 5.82. The van der Waals surface area contributed by atoms with E-state index in [2.05, 4.69) is 29.6 Å². The quantitative estimate of drug-likeness (QED) is 0.687. The van der Waals surface area contributed by atoms with Gasteiger partial charge in [-0.2, -0.15) is 0 Å². The molecule has 0 radical (unpaired) electrons. The maximum absolute atomic E-state index is 10.3.